The first-order chi connectivity index (χ1) is 9.65. The van der Waals surface area contributed by atoms with Crippen molar-refractivity contribution >= 4 is 17.4 Å². The molecule has 1 fully saturated rings. The van der Waals surface area contributed by atoms with Crippen molar-refractivity contribution in [2.75, 3.05) is 18.4 Å². The summed E-state index contributed by atoms with van der Waals surface area (Å²) in [4.78, 5) is 21.7. The highest BCUT2D eigenvalue weighted by molar-refractivity contribution is 5.89. The number of carbonyl (C=O) groups excluding carboxylic acids is 1. The molecule has 0 saturated carbocycles. The largest absolute Gasteiger partial charge is 0.336 e. The van der Waals surface area contributed by atoms with Crippen molar-refractivity contribution in [1.29, 1.82) is 0 Å². The maximum absolute atomic E-state index is 11.7. The van der Waals surface area contributed by atoms with Crippen LogP contribution in [-0.4, -0.2) is 30.1 Å². The number of benzene rings is 1. The van der Waals surface area contributed by atoms with E-state index in [1.54, 1.807) is 0 Å². The number of nitro groups is 1. The lowest BCUT2D eigenvalue weighted by Gasteiger charge is -2.23. The smallest absolute Gasteiger partial charge is 0.319 e. The number of carbonyl (C=O) groups is 1. The van der Waals surface area contributed by atoms with Gasteiger partial charge < -0.3 is 16.0 Å². The highest BCUT2D eigenvalue weighted by Crippen LogP contribution is 2.15. The van der Waals surface area contributed by atoms with Crippen molar-refractivity contribution in [3.63, 3.8) is 0 Å². The summed E-state index contributed by atoms with van der Waals surface area (Å²) in [5.41, 5.74) is 0.534. The fourth-order valence-corrected chi connectivity index (χ4v) is 2.16. The average Bonchev–Trinajstić information content (AvgIpc) is 2.47. The third kappa shape index (κ3) is 4.20. The van der Waals surface area contributed by atoms with Crippen LogP contribution in [0.25, 0.3) is 0 Å². The van der Waals surface area contributed by atoms with Crippen molar-refractivity contribution in [3.8, 4) is 0 Å². The Morgan fingerprint density at radius 1 is 1.35 bits per heavy atom. The number of hydrogen-bond acceptors (Lipinski definition) is 4. The Balaban J connectivity index is 1.77. The van der Waals surface area contributed by atoms with E-state index in [-0.39, 0.29) is 11.7 Å². The molecule has 2 rings (SSSR count). The molecule has 7 nitrogen and oxygen atoms in total. The molecule has 108 valence electrons. The second kappa shape index (κ2) is 6.85. The number of nitro benzene ring substituents is 1. The minimum Gasteiger partial charge on any atom is -0.336 e. The van der Waals surface area contributed by atoms with E-state index < -0.39 is 4.92 Å². The number of urea groups is 1. The van der Waals surface area contributed by atoms with Crippen LogP contribution in [0.15, 0.2) is 24.3 Å². The van der Waals surface area contributed by atoms with Crippen molar-refractivity contribution in [3.05, 3.63) is 34.4 Å². The number of piperidine rings is 1. The molecule has 0 aliphatic carbocycles. The first-order valence-corrected chi connectivity index (χ1v) is 6.68. The minimum atomic E-state index is -0.474. The van der Waals surface area contributed by atoms with Crippen molar-refractivity contribution in [2.24, 2.45) is 0 Å². The summed E-state index contributed by atoms with van der Waals surface area (Å²) in [7, 11) is 0. The Bertz CT molecular complexity index is 469. The van der Waals surface area contributed by atoms with Gasteiger partial charge in [0.15, 0.2) is 0 Å². The number of anilines is 1. The molecule has 0 spiro atoms. The van der Waals surface area contributed by atoms with Crippen LogP contribution >= 0.6 is 0 Å². The monoisotopic (exact) mass is 278 g/mol. The quantitative estimate of drug-likeness (QED) is 0.578. The van der Waals surface area contributed by atoms with Gasteiger partial charge in [-0.05, 0) is 31.5 Å². The fraction of sp³-hybridized carbons (Fsp3) is 0.462. The van der Waals surface area contributed by atoms with Crippen LogP contribution < -0.4 is 16.0 Å². The van der Waals surface area contributed by atoms with E-state index in [0.717, 1.165) is 13.0 Å². The van der Waals surface area contributed by atoms with Gasteiger partial charge >= 0.3 is 6.03 Å². The van der Waals surface area contributed by atoms with E-state index in [2.05, 4.69) is 16.0 Å². The molecule has 0 aromatic heterocycles. The Hall–Kier alpha value is -2.15. The summed E-state index contributed by atoms with van der Waals surface area (Å²) in [6.07, 6.45) is 3.44. The van der Waals surface area contributed by atoms with Gasteiger partial charge in [-0.1, -0.05) is 6.42 Å². The maximum atomic E-state index is 11.7. The zero-order valence-corrected chi connectivity index (χ0v) is 11.1. The van der Waals surface area contributed by atoms with Gasteiger partial charge in [0.1, 0.15) is 0 Å². The molecule has 1 unspecified atom stereocenters. The number of hydrogen-bond donors (Lipinski definition) is 3. The van der Waals surface area contributed by atoms with Gasteiger partial charge in [-0.2, -0.15) is 0 Å². The van der Waals surface area contributed by atoms with Gasteiger partial charge in [0.25, 0.3) is 5.69 Å². The maximum Gasteiger partial charge on any atom is 0.319 e. The zero-order valence-electron chi connectivity index (χ0n) is 11.1. The molecule has 1 saturated heterocycles. The number of rotatable bonds is 4. The molecule has 1 aromatic rings. The van der Waals surface area contributed by atoms with Crippen molar-refractivity contribution in [1.82, 2.24) is 10.6 Å². The number of amides is 2. The lowest BCUT2D eigenvalue weighted by atomic mass is 10.1. The highest BCUT2D eigenvalue weighted by atomic mass is 16.6. The van der Waals surface area contributed by atoms with Crippen LogP contribution in [-0.2, 0) is 0 Å². The molecule has 1 aliphatic heterocycles. The SMILES string of the molecule is O=C(NCC1CCCCN1)Nc1ccc([N+](=O)[O-])cc1. The average molecular weight is 278 g/mol. The number of non-ortho nitro benzene ring substituents is 1. The summed E-state index contributed by atoms with van der Waals surface area (Å²) >= 11 is 0. The van der Waals surface area contributed by atoms with E-state index in [9.17, 15) is 14.9 Å². The first-order valence-electron chi connectivity index (χ1n) is 6.68. The summed E-state index contributed by atoms with van der Waals surface area (Å²) < 4.78 is 0. The van der Waals surface area contributed by atoms with Crippen LogP contribution in [0.4, 0.5) is 16.2 Å². The van der Waals surface area contributed by atoms with Crippen LogP contribution in [0.5, 0.6) is 0 Å². The van der Waals surface area contributed by atoms with E-state index >= 15 is 0 Å². The van der Waals surface area contributed by atoms with Crippen molar-refractivity contribution < 1.29 is 9.72 Å². The molecule has 0 radical (unpaired) electrons. The van der Waals surface area contributed by atoms with E-state index in [4.69, 9.17) is 0 Å². The van der Waals surface area contributed by atoms with E-state index in [0.29, 0.717) is 18.3 Å². The Morgan fingerprint density at radius 3 is 2.70 bits per heavy atom. The van der Waals surface area contributed by atoms with E-state index in [1.807, 2.05) is 0 Å². The molecule has 1 heterocycles. The van der Waals surface area contributed by atoms with Crippen LogP contribution in [0.1, 0.15) is 19.3 Å². The molecule has 20 heavy (non-hydrogen) atoms. The van der Waals surface area contributed by atoms with Crippen LogP contribution in [0.2, 0.25) is 0 Å². The summed E-state index contributed by atoms with van der Waals surface area (Å²) in [6, 6.07) is 5.77. The predicted octanol–water partition coefficient (Wildman–Crippen LogP) is 1.86. The fourth-order valence-electron chi connectivity index (χ4n) is 2.16. The van der Waals surface area contributed by atoms with Gasteiger partial charge in [-0.25, -0.2) is 4.79 Å². The Labute approximate surface area is 116 Å². The van der Waals surface area contributed by atoms with Gasteiger partial charge in [0, 0.05) is 30.4 Å². The van der Waals surface area contributed by atoms with Crippen LogP contribution in [0.3, 0.4) is 0 Å². The summed E-state index contributed by atoms with van der Waals surface area (Å²) in [6.45, 7) is 1.58. The molecule has 7 heteroatoms. The first kappa shape index (κ1) is 14.3. The Morgan fingerprint density at radius 2 is 2.10 bits per heavy atom. The molecule has 1 aliphatic rings. The number of nitrogens with one attached hydrogen (secondary N) is 3. The van der Waals surface area contributed by atoms with Gasteiger partial charge in [-0.15, -0.1) is 0 Å². The van der Waals surface area contributed by atoms with Gasteiger partial charge in [-0.3, -0.25) is 10.1 Å². The molecule has 0 bridgehead atoms. The minimum absolute atomic E-state index is 0.00219. The summed E-state index contributed by atoms with van der Waals surface area (Å²) in [5.74, 6) is 0. The lowest BCUT2D eigenvalue weighted by molar-refractivity contribution is -0.384. The molecular weight excluding hydrogens is 260 g/mol. The zero-order chi connectivity index (χ0) is 14.4. The second-order valence-electron chi connectivity index (χ2n) is 4.79. The Kier molecular flexibility index (Phi) is 4.89. The lowest BCUT2D eigenvalue weighted by Crippen LogP contribution is -2.44. The van der Waals surface area contributed by atoms with Crippen molar-refractivity contribution in [2.45, 2.75) is 25.3 Å². The molecular formula is C13H18N4O3. The topological polar surface area (TPSA) is 96.3 Å². The third-order valence-corrected chi connectivity index (χ3v) is 3.26. The van der Waals surface area contributed by atoms with Gasteiger partial charge in [0.2, 0.25) is 0 Å². The standard InChI is InChI=1S/C13H18N4O3/c18-13(15-9-11-3-1-2-8-14-11)16-10-4-6-12(7-5-10)17(19)20/h4-7,11,14H,1-3,8-9H2,(H2,15,16,18). The summed E-state index contributed by atoms with van der Waals surface area (Å²) in [5, 5.41) is 19.3. The van der Waals surface area contributed by atoms with Gasteiger partial charge in [0.05, 0.1) is 4.92 Å². The highest BCUT2D eigenvalue weighted by Gasteiger charge is 2.13. The molecule has 1 atom stereocenters. The van der Waals surface area contributed by atoms with E-state index in [1.165, 1.54) is 37.1 Å². The normalized spacial score (nSPS) is 18.3. The predicted molar refractivity (Wildman–Crippen MR) is 75.8 cm³/mol. The van der Waals surface area contributed by atoms with Crippen LogP contribution in [0, 0.1) is 10.1 Å². The number of nitrogens with zero attached hydrogens (tertiary/aromatic N) is 1. The molecule has 2 amide bonds. The molecule has 3 N–H and O–H groups in total. The molecule has 1 aromatic carbocycles. The third-order valence-electron chi connectivity index (χ3n) is 3.26. The second-order valence-corrected chi connectivity index (χ2v) is 4.79.